The molecule has 0 saturated carbocycles. The first-order chi connectivity index (χ1) is 7.81. The lowest BCUT2D eigenvalue weighted by Gasteiger charge is -2.10. The maximum atomic E-state index is 5.99. The molecule has 0 aliphatic heterocycles. The van der Waals surface area contributed by atoms with Gasteiger partial charge in [0.15, 0.2) is 0 Å². The topological polar surface area (TPSA) is 12.0 Å². The highest BCUT2D eigenvalue weighted by Gasteiger charge is 2.03. The van der Waals surface area contributed by atoms with Gasteiger partial charge in [-0.1, -0.05) is 41.9 Å². The normalized spacial score (nSPS) is 10.1. The van der Waals surface area contributed by atoms with E-state index in [9.17, 15) is 0 Å². The van der Waals surface area contributed by atoms with E-state index in [-0.39, 0.29) is 0 Å². The largest absolute Gasteiger partial charge is 0.385 e. The summed E-state index contributed by atoms with van der Waals surface area (Å²) in [6.45, 7) is 4.46. The molecule has 1 nitrogen and oxygen atoms in total. The fourth-order valence-corrected chi connectivity index (χ4v) is 1.87. The van der Waals surface area contributed by atoms with Crippen molar-refractivity contribution < 1.29 is 0 Å². The zero-order chi connectivity index (χ0) is 11.4. The van der Waals surface area contributed by atoms with E-state index >= 15 is 0 Å². The number of nitrogens with one attached hydrogen (secondary N) is 1. The lowest BCUT2D eigenvalue weighted by Crippen LogP contribution is -1.98. The van der Waals surface area contributed by atoms with Crippen LogP contribution in [-0.4, -0.2) is 6.54 Å². The zero-order valence-electron chi connectivity index (χ0n) is 8.91. The highest BCUT2D eigenvalue weighted by molar-refractivity contribution is 6.30. The van der Waals surface area contributed by atoms with E-state index in [0.29, 0.717) is 6.54 Å². The lowest BCUT2D eigenvalue weighted by molar-refractivity contribution is 1.34. The van der Waals surface area contributed by atoms with E-state index in [1.165, 1.54) is 0 Å². The van der Waals surface area contributed by atoms with Crippen LogP contribution in [0.1, 0.15) is 0 Å². The van der Waals surface area contributed by atoms with E-state index in [1.54, 1.807) is 0 Å². The van der Waals surface area contributed by atoms with Gasteiger partial charge in [-0.25, -0.2) is 0 Å². The molecule has 81 valence electrons. The molecule has 0 bridgehead atoms. The third-order valence-corrected chi connectivity index (χ3v) is 2.61. The molecule has 0 fully saturated rings. The number of hydrogen-bond donors (Lipinski definition) is 1. The average molecular weight is 231 g/mol. The molecule has 0 atom stereocenters. The van der Waals surface area contributed by atoms with Gasteiger partial charge in [-0.2, -0.15) is 0 Å². The highest BCUT2D eigenvalue weighted by Crippen LogP contribution is 2.29. The molecule has 2 heteroatoms. The number of hydrogen-bond acceptors (Lipinski definition) is 1. The van der Waals surface area contributed by atoms with Crippen LogP contribution in [0.4, 0.5) is 5.69 Å². The number of halogens is 1. The van der Waals surface area contributed by atoms with Crippen LogP contribution in [0.5, 0.6) is 0 Å². The molecule has 2 rings (SSSR count). The standard InChI is InChI=1S/C14H13ClN/c1-2-16-14-9-4-3-8-13(14)11-6-5-7-12(15)10-11/h3-10,16H,1-2H2. The molecule has 0 unspecified atom stereocenters. The van der Waals surface area contributed by atoms with Crippen molar-refractivity contribution in [3.8, 4) is 11.1 Å². The molecule has 0 aliphatic rings. The minimum atomic E-state index is 0.664. The quantitative estimate of drug-likeness (QED) is 0.831. The van der Waals surface area contributed by atoms with Crippen molar-refractivity contribution in [2.45, 2.75) is 0 Å². The fraction of sp³-hybridized carbons (Fsp3) is 0.0714. The Bertz CT molecular complexity index is 480. The highest BCUT2D eigenvalue weighted by atomic mass is 35.5. The van der Waals surface area contributed by atoms with Crippen LogP contribution >= 0.6 is 11.6 Å². The van der Waals surface area contributed by atoms with Crippen LogP contribution < -0.4 is 5.32 Å². The van der Waals surface area contributed by atoms with Crippen LogP contribution in [-0.2, 0) is 0 Å². The summed E-state index contributed by atoms with van der Waals surface area (Å²) < 4.78 is 0. The summed E-state index contributed by atoms with van der Waals surface area (Å²) in [5.74, 6) is 0. The predicted molar refractivity (Wildman–Crippen MR) is 70.7 cm³/mol. The van der Waals surface area contributed by atoms with E-state index in [4.69, 9.17) is 11.6 Å². The van der Waals surface area contributed by atoms with Gasteiger partial charge < -0.3 is 5.32 Å². The molecule has 1 N–H and O–H groups in total. The molecule has 0 amide bonds. The van der Waals surface area contributed by atoms with Gasteiger partial charge in [0.2, 0.25) is 0 Å². The molecule has 2 aromatic rings. The number of rotatable bonds is 3. The Balaban J connectivity index is 2.46. The number of anilines is 1. The SMILES string of the molecule is [CH2]CNc1ccccc1-c1cccc(Cl)c1. The molecule has 1 radical (unpaired) electrons. The first kappa shape index (κ1) is 11.0. The first-order valence-corrected chi connectivity index (χ1v) is 5.57. The van der Waals surface area contributed by atoms with E-state index in [0.717, 1.165) is 21.8 Å². The summed E-state index contributed by atoms with van der Waals surface area (Å²) >= 11 is 5.99. The second-order valence-corrected chi connectivity index (χ2v) is 3.92. The van der Waals surface area contributed by atoms with Crippen molar-refractivity contribution in [2.75, 3.05) is 11.9 Å². The van der Waals surface area contributed by atoms with E-state index < -0.39 is 0 Å². The van der Waals surface area contributed by atoms with Crippen molar-refractivity contribution in [2.24, 2.45) is 0 Å². The Morgan fingerprint density at radius 1 is 1.06 bits per heavy atom. The number of para-hydroxylation sites is 1. The summed E-state index contributed by atoms with van der Waals surface area (Å²) in [5, 5.41) is 3.99. The maximum Gasteiger partial charge on any atom is 0.0419 e. The second-order valence-electron chi connectivity index (χ2n) is 3.48. The summed E-state index contributed by atoms with van der Waals surface area (Å²) in [4.78, 5) is 0. The van der Waals surface area contributed by atoms with Crippen molar-refractivity contribution in [3.05, 3.63) is 60.5 Å². The Morgan fingerprint density at radius 3 is 2.62 bits per heavy atom. The maximum absolute atomic E-state index is 5.99. The minimum Gasteiger partial charge on any atom is -0.385 e. The molecule has 0 aliphatic carbocycles. The Morgan fingerprint density at radius 2 is 1.88 bits per heavy atom. The van der Waals surface area contributed by atoms with Gasteiger partial charge in [0.1, 0.15) is 0 Å². The Hall–Kier alpha value is -1.47. The van der Waals surface area contributed by atoms with Gasteiger partial charge in [0, 0.05) is 22.8 Å². The van der Waals surface area contributed by atoms with Gasteiger partial charge in [-0.15, -0.1) is 0 Å². The minimum absolute atomic E-state index is 0.664. The predicted octanol–water partition coefficient (Wildman–Crippen LogP) is 4.25. The second kappa shape index (κ2) is 5.04. The molecule has 2 aromatic carbocycles. The molecular weight excluding hydrogens is 218 g/mol. The number of benzene rings is 2. The van der Waals surface area contributed by atoms with Crippen LogP contribution in [0.3, 0.4) is 0 Å². The fourth-order valence-electron chi connectivity index (χ4n) is 1.68. The monoisotopic (exact) mass is 230 g/mol. The summed E-state index contributed by atoms with van der Waals surface area (Å²) in [6, 6.07) is 16.0. The van der Waals surface area contributed by atoms with Crippen LogP contribution in [0.15, 0.2) is 48.5 Å². The third-order valence-electron chi connectivity index (χ3n) is 2.38. The van der Waals surface area contributed by atoms with Gasteiger partial charge in [0.05, 0.1) is 0 Å². The van der Waals surface area contributed by atoms with Gasteiger partial charge in [0.25, 0.3) is 0 Å². The molecule has 0 heterocycles. The average Bonchev–Trinajstić information content (AvgIpc) is 2.30. The third kappa shape index (κ3) is 2.37. The summed E-state index contributed by atoms with van der Waals surface area (Å²) in [6.07, 6.45) is 0. The Kier molecular flexibility index (Phi) is 3.47. The van der Waals surface area contributed by atoms with Gasteiger partial charge >= 0.3 is 0 Å². The van der Waals surface area contributed by atoms with Crippen molar-refractivity contribution in [1.29, 1.82) is 0 Å². The molecule has 0 saturated heterocycles. The van der Waals surface area contributed by atoms with E-state index in [2.05, 4.69) is 24.4 Å². The summed E-state index contributed by atoms with van der Waals surface area (Å²) in [5.41, 5.74) is 3.34. The zero-order valence-corrected chi connectivity index (χ0v) is 9.67. The van der Waals surface area contributed by atoms with Gasteiger partial charge in [-0.3, -0.25) is 0 Å². The van der Waals surface area contributed by atoms with Crippen LogP contribution in [0.2, 0.25) is 5.02 Å². The molecule has 0 aromatic heterocycles. The summed E-state index contributed by atoms with van der Waals surface area (Å²) in [7, 11) is 0. The lowest BCUT2D eigenvalue weighted by atomic mass is 10.0. The van der Waals surface area contributed by atoms with Crippen molar-refractivity contribution in [3.63, 3.8) is 0 Å². The molecule has 16 heavy (non-hydrogen) atoms. The van der Waals surface area contributed by atoms with E-state index in [1.807, 2.05) is 36.4 Å². The van der Waals surface area contributed by atoms with Crippen molar-refractivity contribution >= 4 is 17.3 Å². The van der Waals surface area contributed by atoms with Crippen molar-refractivity contribution in [1.82, 2.24) is 0 Å². The first-order valence-electron chi connectivity index (χ1n) is 5.19. The van der Waals surface area contributed by atoms with Crippen LogP contribution in [0, 0.1) is 6.92 Å². The Labute approximate surface area is 101 Å². The molecular formula is C14H13ClN. The van der Waals surface area contributed by atoms with Crippen LogP contribution in [0.25, 0.3) is 11.1 Å². The smallest absolute Gasteiger partial charge is 0.0419 e. The molecule has 0 spiro atoms. The van der Waals surface area contributed by atoms with Gasteiger partial charge in [-0.05, 0) is 30.7 Å².